The monoisotopic (exact) mass is 252 g/mol. The van der Waals surface area contributed by atoms with E-state index in [-0.39, 0.29) is 0 Å². The molecule has 0 spiro atoms. The molecule has 2 atom stereocenters. The number of nitrogens with zero attached hydrogens (tertiary/aromatic N) is 1. The van der Waals surface area contributed by atoms with E-state index in [0.29, 0.717) is 17.5 Å². The molecule has 0 radical (unpaired) electrons. The van der Waals surface area contributed by atoms with Crippen LogP contribution in [0.2, 0.25) is 0 Å². The van der Waals surface area contributed by atoms with E-state index < -0.39 is 0 Å². The average molecular weight is 252 g/mol. The first kappa shape index (κ1) is 14.3. The van der Waals surface area contributed by atoms with Gasteiger partial charge in [0.2, 0.25) is 0 Å². The first-order chi connectivity index (χ1) is 8.41. The summed E-state index contributed by atoms with van der Waals surface area (Å²) in [4.78, 5) is 2.75. The van der Waals surface area contributed by atoms with Gasteiger partial charge in [0.15, 0.2) is 0 Å². The fourth-order valence-electron chi connectivity index (χ4n) is 3.25. The van der Waals surface area contributed by atoms with Gasteiger partial charge in [-0.25, -0.2) is 0 Å². The second kappa shape index (κ2) is 5.50. The zero-order valence-electron chi connectivity index (χ0n) is 12.8. The van der Waals surface area contributed by atoms with Gasteiger partial charge in [0.25, 0.3) is 0 Å². The molecule has 0 bridgehead atoms. The van der Waals surface area contributed by atoms with Crippen LogP contribution >= 0.6 is 0 Å². The molecule has 0 aromatic carbocycles. The average Bonchev–Trinajstić information content (AvgIpc) is 3.10. The summed E-state index contributed by atoms with van der Waals surface area (Å²) in [6.07, 6.45) is 6.87. The molecule has 18 heavy (non-hydrogen) atoms. The lowest BCUT2D eigenvalue weighted by molar-refractivity contribution is 0.0676. The summed E-state index contributed by atoms with van der Waals surface area (Å²) in [5.41, 5.74) is 6.75. The van der Waals surface area contributed by atoms with Crippen molar-refractivity contribution in [2.45, 2.75) is 71.9 Å². The smallest absolute Gasteiger partial charge is 0.0295 e. The molecule has 2 heteroatoms. The Morgan fingerprint density at radius 3 is 1.78 bits per heavy atom. The number of hydrogen-bond donors (Lipinski definition) is 1. The maximum Gasteiger partial charge on any atom is 0.0295 e. The van der Waals surface area contributed by atoms with Crippen molar-refractivity contribution in [1.82, 2.24) is 4.90 Å². The summed E-state index contributed by atoms with van der Waals surface area (Å²) in [5.74, 6) is 1.94. The highest BCUT2D eigenvalue weighted by atomic mass is 15.2. The normalized spacial score (nSPS) is 24.3. The summed E-state index contributed by atoms with van der Waals surface area (Å²) in [5, 5.41) is 0. The fourth-order valence-corrected chi connectivity index (χ4v) is 3.25. The molecule has 0 amide bonds. The molecule has 2 rings (SSSR count). The van der Waals surface area contributed by atoms with E-state index in [9.17, 15) is 0 Å². The van der Waals surface area contributed by atoms with Gasteiger partial charge < -0.3 is 5.73 Å². The molecule has 0 aromatic rings. The predicted octanol–water partition coefficient (Wildman–Crippen LogP) is 3.26. The van der Waals surface area contributed by atoms with Crippen LogP contribution in [0.15, 0.2) is 0 Å². The SMILES string of the molecule is CCC(N)C(N(CC1CC1)CC1CC1)C(C)(C)C. The summed E-state index contributed by atoms with van der Waals surface area (Å²) >= 11 is 0. The molecule has 2 fully saturated rings. The van der Waals surface area contributed by atoms with Gasteiger partial charge in [-0.15, -0.1) is 0 Å². The predicted molar refractivity (Wildman–Crippen MR) is 78.5 cm³/mol. The van der Waals surface area contributed by atoms with Crippen molar-refractivity contribution in [2.75, 3.05) is 13.1 Å². The van der Waals surface area contributed by atoms with Crippen LogP contribution in [0, 0.1) is 17.3 Å². The van der Waals surface area contributed by atoms with E-state index in [0.717, 1.165) is 18.3 Å². The van der Waals surface area contributed by atoms with Gasteiger partial charge in [-0.3, -0.25) is 4.90 Å². The number of hydrogen-bond acceptors (Lipinski definition) is 2. The molecule has 106 valence electrons. The Morgan fingerprint density at radius 1 is 1.06 bits per heavy atom. The van der Waals surface area contributed by atoms with E-state index in [2.05, 4.69) is 32.6 Å². The van der Waals surface area contributed by atoms with Gasteiger partial charge in [-0.2, -0.15) is 0 Å². The van der Waals surface area contributed by atoms with Crippen molar-refractivity contribution in [2.24, 2.45) is 23.0 Å². The summed E-state index contributed by atoms with van der Waals surface area (Å²) in [7, 11) is 0. The van der Waals surface area contributed by atoms with Crippen molar-refractivity contribution < 1.29 is 0 Å². The topological polar surface area (TPSA) is 29.3 Å². The molecule has 2 aliphatic carbocycles. The number of rotatable bonds is 7. The summed E-state index contributed by atoms with van der Waals surface area (Å²) in [6.45, 7) is 11.9. The lowest BCUT2D eigenvalue weighted by Gasteiger charge is -2.44. The third kappa shape index (κ3) is 3.96. The first-order valence-electron chi connectivity index (χ1n) is 7.91. The van der Waals surface area contributed by atoms with Crippen LogP contribution < -0.4 is 5.73 Å². The molecule has 2 nitrogen and oxygen atoms in total. The van der Waals surface area contributed by atoms with Crippen molar-refractivity contribution in [3.8, 4) is 0 Å². The van der Waals surface area contributed by atoms with Gasteiger partial charge >= 0.3 is 0 Å². The van der Waals surface area contributed by atoms with Gasteiger partial charge in [0.1, 0.15) is 0 Å². The maximum atomic E-state index is 6.45. The van der Waals surface area contributed by atoms with Crippen LogP contribution in [-0.4, -0.2) is 30.1 Å². The van der Waals surface area contributed by atoms with Crippen LogP contribution in [0.4, 0.5) is 0 Å². The summed E-state index contributed by atoms with van der Waals surface area (Å²) in [6, 6.07) is 0.867. The third-order valence-electron chi connectivity index (χ3n) is 4.54. The largest absolute Gasteiger partial charge is 0.326 e. The minimum Gasteiger partial charge on any atom is -0.326 e. The van der Waals surface area contributed by atoms with Crippen LogP contribution in [0.3, 0.4) is 0 Å². The molecule has 0 heterocycles. The van der Waals surface area contributed by atoms with Crippen LogP contribution in [0.1, 0.15) is 59.8 Å². The molecule has 0 aromatic heterocycles. The van der Waals surface area contributed by atoms with Crippen LogP contribution in [0.5, 0.6) is 0 Å². The maximum absolute atomic E-state index is 6.45. The molecular formula is C16H32N2. The Labute approximate surface area is 113 Å². The Balaban J connectivity index is 2.05. The van der Waals surface area contributed by atoms with E-state index in [1.165, 1.54) is 38.8 Å². The highest BCUT2D eigenvalue weighted by Gasteiger charge is 2.39. The minimum atomic E-state index is 0.291. The van der Waals surface area contributed by atoms with Gasteiger partial charge in [-0.05, 0) is 49.4 Å². The molecule has 2 saturated carbocycles. The Morgan fingerprint density at radius 2 is 1.50 bits per heavy atom. The van der Waals surface area contributed by atoms with E-state index in [4.69, 9.17) is 5.73 Å². The molecule has 2 aliphatic rings. The van der Waals surface area contributed by atoms with Crippen molar-refractivity contribution >= 4 is 0 Å². The van der Waals surface area contributed by atoms with Gasteiger partial charge in [0.05, 0.1) is 0 Å². The van der Waals surface area contributed by atoms with Crippen molar-refractivity contribution in [3.63, 3.8) is 0 Å². The second-order valence-electron chi connectivity index (χ2n) is 7.72. The zero-order valence-corrected chi connectivity index (χ0v) is 12.8. The Bertz CT molecular complexity index is 247. The fraction of sp³-hybridized carbons (Fsp3) is 1.00. The number of nitrogens with two attached hydrogens (primary N) is 1. The van der Waals surface area contributed by atoms with Crippen LogP contribution in [-0.2, 0) is 0 Å². The third-order valence-corrected chi connectivity index (χ3v) is 4.54. The molecule has 0 aliphatic heterocycles. The molecular weight excluding hydrogens is 220 g/mol. The second-order valence-corrected chi connectivity index (χ2v) is 7.72. The van der Waals surface area contributed by atoms with Crippen molar-refractivity contribution in [3.05, 3.63) is 0 Å². The van der Waals surface area contributed by atoms with Gasteiger partial charge in [-0.1, -0.05) is 27.7 Å². The highest BCUT2D eigenvalue weighted by Crippen LogP contribution is 2.38. The van der Waals surface area contributed by atoms with E-state index in [1.54, 1.807) is 0 Å². The van der Waals surface area contributed by atoms with Gasteiger partial charge in [0, 0.05) is 25.2 Å². The molecule has 2 unspecified atom stereocenters. The quantitative estimate of drug-likeness (QED) is 0.753. The Hall–Kier alpha value is -0.0800. The van der Waals surface area contributed by atoms with Crippen molar-refractivity contribution in [1.29, 1.82) is 0 Å². The first-order valence-corrected chi connectivity index (χ1v) is 7.91. The highest BCUT2D eigenvalue weighted by molar-refractivity contribution is 4.94. The summed E-state index contributed by atoms with van der Waals surface area (Å²) < 4.78 is 0. The zero-order chi connectivity index (χ0) is 13.3. The standard InChI is InChI=1S/C16H32N2/c1-5-14(17)15(16(2,3)4)18(10-12-6-7-12)11-13-8-9-13/h12-15H,5-11,17H2,1-4H3. The lowest BCUT2D eigenvalue weighted by Crippen LogP contribution is -2.55. The van der Waals surface area contributed by atoms with Crippen LogP contribution in [0.25, 0.3) is 0 Å². The minimum absolute atomic E-state index is 0.291. The molecule has 2 N–H and O–H groups in total. The lowest BCUT2D eigenvalue weighted by atomic mass is 9.80. The van der Waals surface area contributed by atoms with E-state index >= 15 is 0 Å². The molecule has 0 saturated heterocycles. The van der Waals surface area contributed by atoms with E-state index in [1.807, 2.05) is 0 Å². The Kier molecular flexibility index (Phi) is 4.38.